The summed E-state index contributed by atoms with van der Waals surface area (Å²) in [6.07, 6.45) is 12.7. The summed E-state index contributed by atoms with van der Waals surface area (Å²) in [5, 5.41) is 23.7. The number of nitrogens with two attached hydrogens (primary N) is 2. The number of hydrogen-bond acceptors (Lipinski definition) is 9. The molecule has 14 heteroatoms. The van der Waals surface area contributed by atoms with Crippen LogP contribution in [0, 0.1) is 25.2 Å². The van der Waals surface area contributed by atoms with Gasteiger partial charge in [-0.15, -0.1) is 0 Å². The van der Waals surface area contributed by atoms with Crippen molar-refractivity contribution < 1.29 is 19.2 Å². The molecule has 0 unspecified atom stereocenters. The fourth-order valence-corrected chi connectivity index (χ4v) is 7.10. The summed E-state index contributed by atoms with van der Waals surface area (Å²) in [4.78, 5) is 52.5. The Labute approximate surface area is 337 Å². The Balaban J connectivity index is 0.000000177. The van der Waals surface area contributed by atoms with Gasteiger partial charge in [-0.1, -0.05) is 43.5 Å². The van der Waals surface area contributed by atoms with E-state index in [4.69, 9.17) is 16.7 Å². The highest BCUT2D eigenvalue weighted by molar-refractivity contribution is 6.12. The fraction of sp³-hybridized carbons (Fsp3) is 0.341. The lowest BCUT2D eigenvalue weighted by molar-refractivity contribution is 0.0696. The van der Waals surface area contributed by atoms with Crippen LogP contribution in [0.25, 0.3) is 11.4 Å². The zero-order valence-corrected chi connectivity index (χ0v) is 33.0. The van der Waals surface area contributed by atoms with Crippen LogP contribution in [-0.2, 0) is 0 Å². The second-order valence-corrected chi connectivity index (χ2v) is 15.4. The van der Waals surface area contributed by atoms with Crippen LogP contribution in [0.15, 0.2) is 73.1 Å². The van der Waals surface area contributed by atoms with Gasteiger partial charge in [-0.2, -0.15) is 15.5 Å². The number of ketones is 1. The van der Waals surface area contributed by atoms with Crippen LogP contribution in [0.2, 0.25) is 0 Å². The first-order valence-electron chi connectivity index (χ1n) is 19.8. The predicted octanol–water partition coefficient (Wildman–Crippen LogP) is 5.82. The van der Waals surface area contributed by atoms with E-state index in [-0.39, 0.29) is 47.0 Å². The van der Waals surface area contributed by atoms with Crippen molar-refractivity contribution in [1.29, 1.82) is 5.26 Å². The highest BCUT2D eigenvalue weighted by Gasteiger charge is 2.28. The SMILES string of the molecule is Cc1ccc(C(=O)NC2CC2)cc1-n1ncc(C(=O)N(C)C2CCCCC2)c1N.Cc1ccc(C(=O)NC2CC2)cc1-n1ncc(C(=O)c2cccc(C#N)c2)c1N. The zero-order chi connectivity index (χ0) is 41.1. The highest BCUT2D eigenvalue weighted by Crippen LogP contribution is 2.28. The van der Waals surface area contributed by atoms with Crippen molar-refractivity contribution in [1.82, 2.24) is 35.1 Å². The number of aryl methyl sites for hydroxylation is 2. The summed E-state index contributed by atoms with van der Waals surface area (Å²) in [7, 11) is 1.85. The average molecular weight is 781 g/mol. The molecule has 58 heavy (non-hydrogen) atoms. The van der Waals surface area contributed by atoms with Crippen LogP contribution < -0.4 is 22.1 Å². The van der Waals surface area contributed by atoms with Gasteiger partial charge in [0.2, 0.25) is 0 Å². The Hall–Kier alpha value is -6.75. The third-order valence-corrected chi connectivity index (χ3v) is 11.0. The molecular formula is C44H48N10O4. The third kappa shape index (κ3) is 8.63. The molecule has 0 atom stereocenters. The Morgan fingerprint density at radius 1 is 0.707 bits per heavy atom. The molecule has 0 bridgehead atoms. The van der Waals surface area contributed by atoms with Crippen LogP contribution in [-0.4, -0.2) is 73.1 Å². The largest absolute Gasteiger partial charge is 0.383 e. The number of nitrogens with zero attached hydrogens (tertiary/aromatic N) is 6. The Kier molecular flexibility index (Phi) is 11.4. The molecule has 3 fully saturated rings. The van der Waals surface area contributed by atoms with Gasteiger partial charge in [0.05, 0.1) is 41.0 Å². The summed E-state index contributed by atoms with van der Waals surface area (Å²) in [5.74, 6) is -0.148. The molecule has 8 rings (SSSR count). The predicted molar refractivity (Wildman–Crippen MR) is 220 cm³/mol. The molecule has 0 aliphatic heterocycles. The number of hydrogen-bond donors (Lipinski definition) is 4. The third-order valence-electron chi connectivity index (χ3n) is 11.0. The standard InChI is InChI=1S/C22H29N5O2.C22H19N5O2/c1-14-8-9-15(21(28)25-16-10-11-16)12-19(14)27-20(23)18(13-24-27)22(29)26(2)17-6-4-3-5-7-17;1-13-5-6-16(22(29)26-17-7-8-17)10-19(13)27-21(24)18(12-25-27)20(28)15-4-2-3-14(9-15)11-23/h8-9,12-13,16-17H,3-7,10-11,23H2,1-2H3,(H,25,28);2-6,9-10,12,17H,7-8,24H2,1H3,(H,26,29). The maximum Gasteiger partial charge on any atom is 0.259 e. The first-order valence-corrected chi connectivity index (χ1v) is 19.8. The Bertz CT molecular complexity index is 2430. The van der Waals surface area contributed by atoms with Gasteiger partial charge in [-0.05, 0) is 99.9 Å². The lowest BCUT2D eigenvalue weighted by atomic mass is 9.94. The summed E-state index contributed by atoms with van der Waals surface area (Å²) in [5.41, 5.74) is 18.2. The van der Waals surface area contributed by atoms with Gasteiger partial charge in [0.25, 0.3) is 17.7 Å². The smallest absolute Gasteiger partial charge is 0.259 e. The molecule has 6 N–H and O–H groups in total. The maximum absolute atomic E-state index is 13.0. The highest BCUT2D eigenvalue weighted by atomic mass is 16.2. The van der Waals surface area contributed by atoms with E-state index in [9.17, 15) is 19.2 Å². The number of nitrogen functional groups attached to an aromatic ring is 2. The Morgan fingerprint density at radius 2 is 1.22 bits per heavy atom. The van der Waals surface area contributed by atoms with Crippen molar-refractivity contribution in [2.45, 2.75) is 89.8 Å². The van der Waals surface area contributed by atoms with Gasteiger partial charge in [-0.25, -0.2) is 9.36 Å². The van der Waals surface area contributed by atoms with E-state index in [2.05, 4.69) is 20.8 Å². The van der Waals surface area contributed by atoms with Crippen molar-refractivity contribution in [3.63, 3.8) is 0 Å². The second kappa shape index (κ2) is 16.8. The van der Waals surface area contributed by atoms with Crippen molar-refractivity contribution in [2.75, 3.05) is 18.5 Å². The van der Waals surface area contributed by atoms with Crippen LogP contribution in [0.1, 0.15) is 121 Å². The van der Waals surface area contributed by atoms with Gasteiger partial charge in [0.15, 0.2) is 5.78 Å². The fourth-order valence-electron chi connectivity index (χ4n) is 7.10. The molecule has 2 heterocycles. The van der Waals surface area contributed by atoms with E-state index in [1.54, 1.807) is 47.1 Å². The summed E-state index contributed by atoms with van der Waals surface area (Å²) < 4.78 is 3.02. The molecule has 0 spiro atoms. The van der Waals surface area contributed by atoms with Crippen LogP contribution >= 0.6 is 0 Å². The normalized spacial score (nSPS) is 15.1. The number of carbonyl (C=O) groups is 4. The number of nitriles is 1. The van der Waals surface area contributed by atoms with Gasteiger partial charge >= 0.3 is 0 Å². The molecule has 0 saturated heterocycles. The van der Waals surface area contributed by atoms with E-state index in [1.807, 2.05) is 44.0 Å². The summed E-state index contributed by atoms with van der Waals surface area (Å²) in [6, 6.07) is 20.1. The minimum atomic E-state index is -0.314. The van der Waals surface area contributed by atoms with Crippen molar-refractivity contribution in [3.05, 3.63) is 118 Å². The lowest BCUT2D eigenvalue weighted by Crippen LogP contribution is -2.38. The molecule has 3 aromatic carbocycles. The molecule has 3 aliphatic rings. The molecule has 2 aromatic heterocycles. The quantitative estimate of drug-likeness (QED) is 0.126. The van der Waals surface area contributed by atoms with E-state index in [0.717, 1.165) is 62.5 Å². The summed E-state index contributed by atoms with van der Waals surface area (Å²) >= 11 is 0. The Morgan fingerprint density at radius 3 is 1.74 bits per heavy atom. The molecule has 3 amide bonds. The van der Waals surface area contributed by atoms with Crippen molar-refractivity contribution in [2.24, 2.45) is 0 Å². The van der Waals surface area contributed by atoms with Crippen LogP contribution in [0.4, 0.5) is 11.6 Å². The first kappa shape index (κ1) is 39.5. The monoisotopic (exact) mass is 780 g/mol. The minimum Gasteiger partial charge on any atom is -0.383 e. The van der Waals surface area contributed by atoms with E-state index in [0.29, 0.717) is 51.1 Å². The molecule has 0 radical (unpaired) electrons. The van der Waals surface area contributed by atoms with Gasteiger partial charge in [0.1, 0.15) is 17.2 Å². The molecule has 3 saturated carbocycles. The van der Waals surface area contributed by atoms with Gasteiger partial charge < -0.3 is 27.0 Å². The molecule has 14 nitrogen and oxygen atoms in total. The van der Waals surface area contributed by atoms with Crippen LogP contribution in [0.5, 0.6) is 0 Å². The van der Waals surface area contributed by atoms with Crippen molar-refractivity contribution >= 4 is 35.1 Å². The first-order chi connectivity index (χ1) is 27.9. The topological polar surface area (TPSA) is 207 Å². The lowest BCUT2D eigenvalue weighted by Gasteiger charge is -2.31. The molecule has 5 aromatic rings. The number of rotatable bonds is 10. The van der Waals surface area contributed by atoms with E-state index < -0.39 is 0 Å². The average Bonchev–Trinajstić information content (AvgIpc) is 4.17. The van der Waals surface area contributed by atoms with Gasteiger partial charge in [0, 0.05) is 41.9 Å². The maximum atomic E-state index is 13.0. The van der Waals surface area contributed by atoms with E-state index >= 15 is 0 Å². The minimum absolute atomic E-state index is 0.0900. The number of amides is 3. The van der Waals surface area contributed by atoms with Gasteiger partial charge in [-0.3, -0.25) is 19.2 Å². The summed E-state index contributed by atoms with van der Waals surface area (Å²) in [6.45, 7) is 3.82. The number of nitrogens with one attached hydrogen (secondary N) is 2. The molecule has 3 aliphatic carbocycles. The number of aromatic nitrogens is 4. The van der Waals surface area contributed by atoms with E-state index in [1.165, 1.54) is 29.6 Å². The van der Waals surface area contributed by atoms with Crippen molar-refractivity contribution in [3.8, 4) is 17.4 Å². The number of anilines is 2. The second-order valence-electron chi connectivity index (χ2n) is 15.4. The molecular weight excluding hydrogens is 733 g/mol. The van der Waals surface area contributed by atoms with Crippen LogP contribution in [0.3, 0.4) is 0 Å². The zero-order valence-electron chi connectivity index (χ0n) is 33.0. The molecule has 298 valence electrons. The number of benzene rings is 3. The number of carbonyl (C=O) groups excluding carboxylic acids is 4.